The number of amides is 1. The summed E-state index contributed by atoms with van der Waals surface area (Å²) in [5.41, 5.74) is 2.59. The fourth-order valence-electron chi connectivity index (χ4n) is 3.79. The molecule has 1 saturated heterocycles. The molecular weight excluding hydrogens is 392 g/mol. The predicted molar refractivity (Wildman–Crippen MR) is 118 cm³/mol. The lowest BCUT2D eigenvalue weighted by molar-refractivity contribution is 0.0743. The Morgan fingerprint density at radius 3 is 2.65 bits per heavy atom. The number of piperazine rings is 1. The molecule has 0 bridgehead atoms. The Labute approximate surface area is 181 Å². The van der Waals surface area contributed by atoms with Gasteiger partial charge < -0.3 is 14.4 Å². The number of anilines is 1. The Morgan fingerprint density at radius 1 is 1.13 bits per heavy atom. The summed E-state index contributed by atoms with van der Waals surface area (Å²) in [7, 11) is 0. The van der Waals surface area contributed by atoms with Crippen molar-refractivity contribution in [2.45, 2.75) is 26.8 Å². The van der Waals surface area contributed by atoms with E-state index in [-0.39, 0.29) is 17.0 Å². The molecule has 1 amide bonds. The van der Waals surface area contributed by atoms with E-state index in [1.165, 1.54) is 0 Å². The normalized spacial score (nSPS) is 14.0. The molecule has 0 aliphatic carbocycles. The molecule has 160 valence electrons. The predicted octanol–water partition coefficient (Wildman–Crippen LogP) is 1.91. The van der Waals surface area contributed by atoms with Crippen LogP contribution in [0.2, 0.25) is 0 Å². The minimum absolute atomic E-state index is 0.209. The van der Waals surface area contributed by atoms with Gasteiger partial charge in [0.05, 0.1) is 6.54 Å². The smallest absolute Gasteiger partial charge is 0.263 e. The van der Waals surface area contributed by atoms with Gasteiger partial charge in [-0.05, 0) is 36.6 Å². The minimum Gasteiger partial charge on any atom is -0.353 e. The van der Waals surface area contributed by atoms with Gasteiger partial charge in [-0.1, -0.05) is 13.0 Å². The molecule has 1 aliphatic rings. The molecule has 0 aromatic carbocycles. The number of aryl methyl sites for hydroxylation is 2. The Bertz CT molecular complexity index is 1120. The van der Waals surface area contributed by atoms with Crippen molar-refractivity contribution in [3.05, 3.63) is 81.9 Å². The third-order valence-corrected chi connectivity index (χ3v) is 5.63. The summed E-state index contributed by atoms with van der Waals surface area (Å²) < 4.78 is 1.57. The van der Waals surface area contributed by atoms with E-state index in [0.29, 0.717) is 38.3 Å². The van der Waals surface area contributed by atoms with E-state index >= 15 is 0 Å². The number of nitrogens with zero attached hydrogens (tertiary/aromatic N) is 6. The van der Waals surface area contributed by atoms with Crippen LogP contribution in [0.1, 0.15) is 34.1 Å². The van der Waals surface area contributed by atoms with Crippen LogP contribution in [-0.4, -0.2) is 56.5 Å². The van der Waals surface area contributed by atoms with Crippen LogP contribution in [0.25, 0.3) is 0 Å². The average Bonchev–Trinajstić information content (AvgIpc) is 2.82. The van der Waals surface area contributed by atoms with Crippen LogP contribution < -0.4 is 10.5 Å². The summed E-state index contributed by atoms with van der Waals surface area (Å²) in [5.74, 6) is 0.674. The summed E-state index contributed by atoms with van der Waals surface area (Å²) in [5, 5.41) is 0. The number of aromatic nitrogens is 4. The Balaban J connectivity index is 1.50. The van der Waals surface area contributed by atoms with Crippen LogP contribution in [0.4, 0.5) is 5.82 Å². The van der Waals surface area contributed by atoms with Crippen LogP contribution in [-0.2, 0) is 13.0 Å². The molecule has 8 heteroatoms. The summed E-state index contributed by atoms with van der Waals surface area (Å²) in [4.78, 5) is 43.0. The summed E-state index contributed by atoms with van der Waals surface area (Å²) >= 11 is 0. The van der Waals surface area contributed by atoms with Crippen LogP contribution in [0, 0.1) is 6.92 Å². The zero-order valence-electron chi connectivity index (χ0n) is 17.9. The van der Waals surface area contributed by atoms with E-state index in [4.69, 9.17) is 0 Å². The van der Waals surface area contributed by atoms with Crippen molar-refractivity contribution in [3.8, 4) is 0 Å². The van der Waals surface area contributed by atoms with Gasteiger partial charge in [-0.15, -0.1) is 0 Å². The minimum atomic E-state index is -0.264. The number of hydrogen-bond donors (Lipinski definition) is 0. The van der Waals surface area contributed by atoms with E-state index in [2.05, 4.69) is 26.8 Å². The number of hydrogen-bond acceptors (Lipinski definition) is 6. The molecule has 4 rings (SSSR count). The Morgan fingerprint density at radius 2 is 1.94 bits per heavy atom. The maximum atomic E-state index is 13.2. The van der Waals surface area contributed by atoms with Crippen LogP contribution in [0.15, 0.2) is 54.0 Å². The van der Waals surface area contributed by atoms with E-state index in [1.54, 1.807) is 34.4 Å². The Hall–Kier alpha value is -3.55. The quantitative estimate of drug-likeness (QED) is 0.629. The molecule has 1 fully saturated rings. The molecule has 0 atom stereocenters. The zero-order chi connectivity index (χ0) is 21.8. The van der Waals surface area contributed by atoms with Gasteiger partial charge in [0.1, 0.15) is 17.7 Å². The molecule has 3 aromatic heterocycles. The van der Waals surface area contributed by atoms with Crippen molar-refractivity contribution < 1.29 is 4.79 Å². The molecule has 4 heterocycles. The third kappa shape index (κ3) is 4.47. The van der Waals surface area contributed by atoms with Gasteiger partial charge in [0.25, 0.3) is 11.5 Å². The third-order valence-electron chi connectivity index (χ3n) is 5.63. The number of rotatable bonds is 5. The molecule has 1 aliphatic heterocycles. The fourth-order valence-corrected chi connectivity index (χ4v) is 3.79. The van der Waals surface area contributed by atoms with Crippen molar-refractivity contribution in [2.75, 3.05) is 31.1 Å². The Kier molecular flexibility index (Phi) is 6.06. The van der Waals surface area contributed by atoms with Gasteiger partial charge in [-0.25, -0.2) is 9.97 Å². The standard InChI is InChI=1S/C23H26N6O2/c1-3-19-13-20(26-16-25-19)27-9-11-28(12-10-27)22(30)21-17(2)6-8-29(23(21)31)15-18-5-4-7-24-14-18/h4-8,13-14,16H,3,9-12,15H2,1-2H3. The molecule has 31 heavy (non-hydrogen) atoms. The maximum absolute atomic E-state index is 13.2. The lowest BCUT2D eigenvalue weighted by Gasteiger charge is -2.35. The average molecular weight is 419 g/mol. The molecule has 0 N–H and O–H groups in total. The van der Waals surface area contributed by atoms with E-state index in [9.17, 15) is 9.59 Å². The van der Waals surface area contributed by atoms with Crippen molar-refractivity contribution in [2.24, 2.45) is 0 Å². The van der Waals surface area contributed by atoms with Crippen molar-refractivity contribution in [3.63, 3.8) is 0 Å². The van der Waals surface area contributed by atoms with Crippen LogP contribution >= 0.6 is 0 Å². The van der Waals surface area contributed by atoms with E-state index < -0.39 is 0 Å². The number of carbonyl (C=O) groups excluding carboxylic acids is 1. The molecular formula is C23H26N6O2. The van der Waals surface area contributed by atoms with Crippen molar-refractivity contribution >= 4 is 11.7 Å². The molecule has 0 saturated carbocycles. The second-order valence-corrected chi connectivity index (χ2v) is 7.67. The number of carbonyl (C=O) groups is 1. The largest absolute Gasteiger partial charge is 0.353 e. The molecule has 3 aromatic rings. The van der Waals surface area contributed by atoms with Crippen molar-refractivity contribution in [1.82, 2.24) is 24.4 Å². The first-order valence-electron chi connectivity index (χ1n) is 10.5. The van der Waals surface area contributed by atoms with E-state index in [0.717, 1.165) is 23.5 Å². The first-order valence-corrected chi connectivity index (χ1v) is 10.5. The number of pyridine rings is 2. The highest BCUT2D eigenvalue weighted by atomic mass is 16.2. The first-order chi connectivity index (χ1) is 15.1. The van der Waals surface area contributed by atoms with Gasteiger partial charge >= 0.3 is 0 Å². The van der Waals surface area contributed by atoms with Gasteiger partial charge in [0.2, 0.25) is 0 Å². The van der Waals surface area contributed by atoms with Gasteiger partial charge in [0, 0.05) is 56.5 Å². The fraction of sp³-hybridized carbons (Fsp3) is 0.348. The SMILES string of the molecule is CCc1cc(N2CCN(C(=O)c3c(C)ccn(Cc4cccnc4)c3=O)CC2)ncn1. The highest BCUT2D eigenvalue weighted by Gasteiger charge is 2.26. The highest BCUT2D eigenvalue weighted by Crippen LogP contribution is 2.16. The maximum Gasteiger partial charge on any atom is 0.263 e. The lowest BCUT2D eigenvalue weighted by Crippen LogP contribution is -2.50. The van der Waals surface area contributed by atoms with Crippen LogP contribution in [0.3, 0.4) is 0 Å². The zero-order valence-corrected chi connectivity index (χ0v) is 17.9. The molecule has 0 unspecified atom stereocenters. The second kappa shape index (κ2) is 9.07. The summed E-state index contributed by atoms with van der Waals surface area (Å²) in [6, 6.07) is 7.57. The molecule has 0 radical (unpaired) electrons. The monoisotopic (exact) mass is 418 g/mol. The summed E-state index contributed by atoms with van der Waals surface area (Å²) in [6.45, 7) is 6.68. The highest BCUT2D eigenvalue weighted by molar-refractivity contribution is 5.95. The molecule has 0 spiro atoms. The summed E-state index contributed by atoms with van der Waals surface area (Å²) in [6.07, 6.45) is 7.60. The first kappa shape index (κ1) is 20.7. The van der Waals surface area contributed by atoms with Gasteiger partial charge in [-0.3, -0.25) is 14.6 Å². The van der Waals surface area contributed by atoms with E-state index in [1.807, 2.05) is 31.2 Å². The van der Waals surface area contributed by atoms with Gasteiger partial charge in [-0.2, -0.15) is 0 Å². The molecule has 8 nitrogen and oxygen atoms in total. The topological polar surface area (TPSA) is 84.2 Å². The van der Waals surface area contributed by atoms with Crippen LogP contribution in [0.5, 0.6) is 0 Å². The van der Waals surface area contributed by atoms with Crippen molar-refractivity contribution in [1.29, 1.82) is 0 Å². The van der Waals surface area contributed by atoms with Gasteiger partial charge in [0.15, 0.2) is 0 Å². The lowest BCUT2D eigenvalue weighted by atomic mass is 10.1. The second-order valence-electron chi connectivity index (χ2n) is 7.67.